The van der Waals surface area contributed by atoms with Crippen LogP contribution in [0, 0.1) is 13.8 Å². The van der Waals surface area contributed by atoms with Gasteiger partial charge < -0.3 is 15.2 Å². The van der Waals surface area contributed by atoms with Gasteiger partial charge in [-0.3, -0.25) is 0 Å². The Labute approximate surface area is 116 Å². The normalized spacial score (nSPS) is 13.3. The van der Waals surface area contributed by atoms with Crippen molar-refractivity contribution in [1.29, 1.82) is 0 Å². The Kier molecular flexibility index (Phi) is 5.83. The van der Waals surface area contributed by atoms with Crippen LogP contribution in [0.5, 0.6) is 5.75 Å². The largest absolute Gasteiger partial charge is 0.496 e. The van der Waals surface area contributed by atoms with Gasteiger partial charge in [0.25, 0.3) is 0 Å². The molecule has 2 N–H and O–H groups in total. The molecular formula is C14H20F3NO2. The Hall–Kier alpha value is -1.27. The van der Waals surface area contributed by atoms with Crippen LogP contribution < -0.4 is 10.5 Å². The number of aryl methyl sites for hydroxylation is 2. The molecule has 0 aliphatic heterocycles. The van der Waals surface area contributed by atoms with Crippen LogP contribution in [-0.2, 0) is 4.74 Å². The van der Waals surface area contributed by atoms with Gasteiger partial charge in [-0.25, -0.2) is 0 Å². The molecule has 0 aromatic heterocycles. The van der Waals surface area contributed by atoms with Crippen molar-refractivity contribution in [3.8, 4) is 5.75 Å². The molecule has 0 saturated carbocycles. The van der Waals surface area contributed by atoms with Gasteiger partial charge in [-0.15, -0.1) is 0 Å². The second-order valence-corrected chi connectivity index (χ2v) is 4.76. The summed E-state index contributed by atoms with van der Waals surface area (Å²) in [6, 6.07) is 3.41. The monoisotopic (exact) mass is 291 g/mol. The predicted octanol–water partition coefficient (Wildman–Crippen LogP) is 3.28. The van der Waals surface area contributed by atoms with Crippen molar-refractivity contribution in [1.82, 2.24) is 0 Å². The summed E-state index contributed by atoms with van der Waals surface area (Å²) < 4.78 is 45.7. The summed E-state index contributed by atoms with van der Waals surface area (Å²) in [5.74, 6) is 0.658. The number of rotatable bonds is 6. The molecule has 0 radical (unpaired) electrons. The van der Waals surface area contributed by atoms with Gasteiger partial charge in [0.05, 0.1) is 7.11 Å². The summed E-state index contributed by atoms with van der Waals surface area (Å²) in [4.78, 5) is 0. The maximum atomic E-state index is 12.0. The van der Waals surface area contributed by atoms with Gasteiger partial charge in [-0.2, -0.15) is 13.2 Å². The number of alkyl halides is 3. The zero-order valence-electron chi connectivity index (χ0n) is 11.9. The molecule has 0 bridgehead atoms. The molecule has 0 aliphatic rings. The highest BCUT2D eigenvalue weighted by Crippen LogP contribution is 2.30. The van der Waals surface area contributed by atoms with E-state index in [1.165, 1.54) is 0 Å². The second-order valence-electron chi connectivity index (χ2n) is 4.76. The summed E-state index contributed by atoms with van der Waals surface area (Å²) in [5.41, 5.74) is 8.85. The predicted molar refractivity (Wildman–Crippen MR) is 70.9 cm³/mol. The van der Waals surface area contributed by atoms with Crippen LogP contribution in [0.1, 0.15) is 29.2 Å². The van der Waals surface area contributed by atoms with Crippen molar-refractivity contribution >= 4 is 0 Å². The first-order valence-corrected chi connectivity index (χ1v) is 6.30. The van der Waals surface area contributed by atoms with Gasteiger partial charge >= 0.3 is 6.18 Å². The number of ether oxygens (including phenoxy) is 2. The third-order valence-corrected chi connectivity index (χ3v) is 2.92. The van der Waals surface area contributed by atoms with Gasteiger partial charge in [-0.05, 0) is 37.5 Å². The first-order valence-electron chi connectivity index (χ1n) is 6.30. The number of nitrogens with two attached hydrogens (primary N) is 1. The van der Waals surface area contributed by atoms with Crippen LogP contribution in [0.4, 0.5) is 13.2 Å². The van der Waals surface area contributed by atoms with Crippen LogP contribution in [-0.4, -0.2) is 26.5 Å². The minimum Gasteiger partial charge on any atom is -0.496 e. The highest BCUT2D eigenvalue weighted by Gasteiger charge is 2.27. The molecule has 0 amide bonds. The van der Waals surface area contributed by atoms with Gasteiger partial charge in [-0.1, -0.05) is 6.07 Å². The summed E-state index contributed by atoms with van der Waals surface area (Å²) >= 11 is 0. The lowest BCUT2D eigenvalue weighted by Crippen LogP contribution is -2.20. The average Bonchev–Trinajstić information content (AvgIpc) is 2.32. The number of hydrogen-bond donors (Lipinski definition) is 1. The minimum atomic E-state index is -4.30. The molecule has 114 valence electrons. The van der Waals surface area contributed by atoms with E-state index in [9.17, 15) is 13.2 Å². The maximum absolute atomic E-state index is 12.0. The minimum absolute atomic E-state index is 0.0445. The molecular weight excluding hydrogens is 271 g/mol. The van der Waals surface area contributed by atoms with E-state index in [2.05, 4.69) is 4.74 Å². The van der Waals surface area contributed by atoms with Gasteiger partial charge in [0.1, 0.15) is 12.4 Å². The van der Waals surface area contributed by atoms with E-state index in [4.69, 9.17) is 10.5 Å². The summed E-state index contributed by atoms with van der Waals surface area (Å²) in [6.07, 6.45) is -4.00. The SMILES string of the molecule is COc1cc(C)cc(C)c1C(N)CCOCC(F)(F)F. The van der Waals surface area contributed by atoms with E-state index in [0.29, 0.717) is 12.2 Å². The van der Waals surface area contributed by atoms with Crippen molar-refractivity contribution in [2.75, 3.05) is 20.3 Å². The number of benzene rings is 1. The van der Waals surface area contributed by atoms with Gasteiger partial charge in [0.2, 0.25) is 0 Å². The lowest BCUT2D eigenvalue weighted by molar-refractivity contribution is -0.174. The molecule has 0 aliphatic carbocycles. The fraction of sp³-hybridized carbons (Fsp3) is 0.571. The Morgan fingerprint density at radius 1 is 1.25 bits per heavy atom. The zero-order valence-corrected chi connectivity index (χ0v) is 11.9. The Balaban J connectivity index is 2.66. The molecule has 1 unspecified atom stereocenters. The highest BCUT2D eigenvalue weighted by molar-refractivity contribution is 5.44. The number of methoxy groups -OCH3 is 1. The second kappa shape index (κ2) is 6.95. The molecule has 6 heteroatoms. The molecule has 1 atom stereocenters. The van der Waals surface area contributed by atoms with Crippen molar-refractivity contribution in [3.63, 3.8) is 0 Å². The summed E-state index contributed by atoms with van der Waals surface area (Å²) in [6.45, 7) is 2.55. The Morgan fingerprint density at radius 3 is 2.45 bits per heavy atom. The summed E-state index contributed by atoms with van der Waals surface area (Å²) in [5, 5.41) is 0. The standard InChI is InChI=1S/C14H20F3NO2/c1-9-6-10(2)13(12(7-9)19-3)11(18)4-5-20-8-14(15,16)17/h6-7,11H,4-5,8,18H2,1-3H3. The molecule has 0 saturated heterocycles. The highest BCUT2D eigenvalue weighted by atomic mass is 19.4. The third kappa shape index (κ3) is 5.02. The van der Waals surface area contributed by atoms with Crippen molar-refractivity contribution in [2.45, 2.75) is 32.5 Å². The molecule has 0 heterocycles. The molecule has 1 aromatic rings. The Morgan fingerprint density at radius 2 is 1.90 bits per heavy atom. The molecule has 3 nitrogen and oxygen atoms in total. The number of hydrogen-bond acceptors (Lipinski definition) is 3. The van der Waals surface area contributed by atoms with Crippen LogP contribution in [0.25, 0.3) is 0 Å². The van der Waals surface area contributed by atoms with E-state index in [0.717, 1.165) is 16.7 Å². The van der Waals surface area contributed by atoms with Crippen LogP contribution >= 0.6 is 0 Å². The maximum Gasteiger partial charge on any atom is 0.411 e. The smallest absolute Gasteiger partial charge is 0.411 e. The van der Waals surface area contributed by atoms with Crippen molar-refractivity contribution in [3.05, 3.63) is 28.8 Å². The average molecular weight is 291 g/mol. The number of halogens is 3. The quantitative estimate of drug-likeness (QED) is 0.818. The molecule has 20 heavy (non-hydrogen) atoms. The van der Waals surface area contributed by atoms with Gasteiger partial charge in [0, 0.05) is 18.2 Å². The summed E-state index contributed by atoms with van der Waals surface area (Å²) in [7, 11) is 1.55. The first kappa shape index (κ1) is 16.8. The molecule has 0 spiro atoms. The van der Waals surface area contributed by atoms with E-state index < -0.39 is 18.8 Å². The van der Waals surface area contributed by atoms with Crippen molar-refractivity contribution in [2.24, 2.45) is 5.73 Å². The van der Waals surface area contributed by atoms with E-state index in [1.807, 2.05) is 26.0 Å². The van der Waals surface area contributed by atoms with E-state index >= 15 is 0 Å². The van der Waals surface area contributed by atoms with Crippen LogP contribution in [0.3, 0.4) is 0 Å². The fourth-order valence-electron chi connectivity index (χ4n) is 2.13. The molecule has 1 rings (SSSR count). The lowest BCUT2D eigenvalue weighted by atomic mass is 9.96. The first-order chi connectivity index (χ1) is 9.24. The van der Waals surface area contributed by atoms with E-state index in [-0.39, 0.29) is 6.61 Å². The van der Waals surface area contributed by atoms with E-state index in [1.54, 1.807) is 7.11 Å². The fourth-order valence-corrected chi connectivity index (χ4v) is 2.13. The van der Waals surface area contributed by atoms with Crippen molar-refractivity contribution < 1.29 is 22.6 Å². The zero-order chi connectivity index (χ0) is 15.3. The third-order valence-electron chi connectivity index (χ3n) is 2.92. The Bertz CT molecular complexity index is 447. The molecule has 0 fully saturated rings. The van der Waals surface area contributed by atoms with Gasteiger partial charge in [0.15, 0.2) is 0 Å². The molecule has 1 aromatic carbocycles. The lowest BCUT2D eigenvalue weighted by Gasteiger charge is -2.19. The van der Waals surface area contributed by atoms with Crippen LogP contribution in [0.15, 0.2) is 12.1 Å². The topological polar surface area (TPSA) is 44.5 Å². The van der Waals surface area contributed by atoms with Crippen LogP contribution in [0.2, 0.25) is 0 Å².